The number of aliphatic hydroxyl groups excluding tert-OH is 1. The molecule has 20 heavy (non-hydrogen) atoms. The number of alkyl halides is 6. The third-order valence-corrected chi connectivity index (χ3v) is 3.15. The molecule has 0 aliphatic rings. The first-order valence-corrected chi connectivity index (χ1v) is 5.81. The molecular weight excluding hydrogens is 286 g/mol. The fourth-order valence-corrected chi connectivity index (χ4v) is 2.12. The quantitative estimate of drug-likeness (QED) is 0.838. The van der Waals surface area contributed by atoms with Crippen LogP contribution in [-0.4, -0.2) is 23.6 Å². The molecular formula is C13H14F6O. The lowest BCUT2D eigenvalue weighted by atomic mass is 9.91. The van der Waals surface area contributed by atoms with Crippen molar-refractivity contribution in [1.82, 2.24) is 0 Å². The van der Waals surface area contributed by atoms with Gasteiger partial charge in [0.25, 0.3) is 0 Å². The van der Waals surface area contributed by atoms with E-state index in [0.29, 0.717) is 16.7 Å². The van der Waals surface area contributed by atoms with E-state index >= 15 is 0 Å². The van der Waals surface area contributed by atoms with Crippen LogP contribution in [0.25, 0.3) is 0 Å². The molecule has 1 aromatic rings. The first-order valence-electron chi connectivity index (χ1n) is 5.81. The molecule has 1 N–H and O–H groups in total. The maximum Gasteiger partial charge on any atom is 0.403 e. The lowest BCUT2D eigenvalue weighted by Gasteiger charge is -2.28. The van der Waals surface area contributed by atoms with Crippen LogP contribution in [0.4, 0.5) is 26.3 Å². The molecule has 1 atom stereocenters. The van der Waals surface area contributed by atoms with Crippen molar-refractivity contribution in [2.75, 3.05) is 0 Å². The van der Waals surface area contributed by atoms with E-state index in [9.17, 15) is 31.4 Å². The second-order valence-corrected chi connectivity index (χ2v) is 4.70. The van der Waals surface area contributed by atoms with Crippen LogP contribution in [-0.2, 0) is 6.42 Å². The molecule has 0 spiro atoms. The summed E-state index contributed by atoms with van der Waals surface area (Å²) in [6.07, 6.45) is -14.3. The van der Waals surface area contributed by atoms with Gasteiger partial charge in [-0.25, -0.2) is 0 Å². The van der Waals surface area contributed by atoms with Crippen molar-refractivity contribution in [3.8, 4) is 0 Å². The SMILES string of the molecule is Cc1cccc(C)c1CC(O)C(C(F)(F)F)C(F)(F)F. The third-order valence-electron chi connectivity index (χ3n) is 3.15. The summed E-state index contributed by atoms with van der Waals surface area (Å²) in [5, 5.41) is 9.44. The highest BCUT2D eigenvalue weighted by Gasteiger charge is 2.60. The van der Waals surface area contributed by atoms with Gasteiger partial charge in [-0.2, -0.15) is 26.3 Å². The van der Waals surface area contributed by atoms with Crippen LogP contribution >= 0.6 is 0 Å². The van der Waals surface area contributed by atoms with Crippen molar-refractivity contribution >= 4 is 0 Å². The first-order chi connectivity index (χ1) is 8.94. The summed E-state index contributed by atoms with van der Waals surface area (Å²) < 4.78 is 74.9. The zero-order chi connectivity index (χ0) is 15.7. The maximum atomic E-state index is 12.5. The van der Waals surface area contributed by atoms with E-state index in [1.54, 1.807) is 32.0 Å². The molecule has 0 heterocycles. The van der Waals surface area contributed by atoms with Crippen molar-refractivity contribution in [2.45, 2.75) is 38.7 Å². The van der Waals surface area contributed by atoms with Crippen LogP contribution in [0.5, 0.6) is 0 Å². The fourth-order valence-electron chi connectivity index (χ4n) is 2.12. The summed E-state index contributed by atoms with van der Waals surface area (Å²) in [6.45, 7) is 3.15. The van der Waals surface area contributed by atoms with Crippen LogP contribution in [0.1, 0.15) is 16.7 Å². The first kappa shape index (κ1) is 16.8. The van der Waals surface area contributed by atoms with E-state index in [2.05, 4.69) is 0 Å². The Labute approximate surface area is 112 Å². The van der Waals surface area contributed by atoms with Gasteiger partial charge in [0.2, 0.25) is 0 Å². The van der Waals surface area contributed by atoms with Gasteiger partial charge in [0.15, 0.2) is 5.92 Å². The average molecular weight is 300 g/mol. The Balaban J connectivity index is 3.07. The molecule has 0 saturated heterocycles. The van der Waals surface area contributed by atoms with E-state index in [0.717, 1.165) is 0 Å². The summed E-state index contributed by atoms with van der Waals surface area (Å²) in [5.74, 6) is -3.74. The van der Waals surface area contributed by atoms with E-state index in [4.69, 9.17) is 0 Å². The number of aliphatic hydroxyl groups is 1. The molecule has 0 saturated carbocycles. The van der Waals surface area contributed by atoms with Crippen LogP contribution in [0.15, 0.2) is 18.2 Å². The Kier molecular flexibility index (Phi) is 4.74. The summed E-state index contributed by atoms with van der Waals surface area (Å²) >= 11 is 0. The van der Waals surface area contributed by atoms with E-state index in [-0.39, 0.29) is 0 Å². The largest absolute Gasteiger partial charge is 0.403 e. The van der Waals surface area contributed by atoms with Gasteiger partial charge in [0, 0.05) is 0 Å². The van der Waals surface area contributed by atoms with Crippen molar-refractivity contribution < 1.29 is 31.4 Å². The Bertz CT molecular complexity index is 429. The molecule has 1 aromatic carbocycles. The molecule has 0 amide bonds. The Morgan fingerprint density at radius 2 is 1.35 bits per heavy atom. The van der Waals surface area contributed by atoms with Crippen LogP contribution in [0.2, 0.25) is 0 Å². The van der Waals surface area contributed by atoms with Gasteiger partial charge < -0.3 is 5.11 Å². The standard InChI is InChI=1S/C13H14F6O/c1-7-4-3-5-8(2)9(7)6-10(20)11(12(14,15)16)13(17,18)19/h3-5,10-11,20H,6H2,1-2H3. The highest BCUT2D eigenvalue weighted by atomic mass is 19.4. The molecule has 0 fully saturated rings. The topological polar surface area (TPSA) is 20.2 Å². The number of benzene rings is 1. The summed E-state index contributed by atoms with van der Waals surface area (Å²) in [6, 6.07) is 4.79. The number of hydrogen-bond acceptors (Lipinski definition) is 1. The molecule has 0 aromatic heterocycles. The molecule has 0 aliphatic heterocycles. The summed E-state index contributed by atoms with van der Waals surface area (Å²) in [5.41, 5.74) is 1.40. The van der Waals surface area contributed by atoms with Crippen molar-refractivity contribution in [3.05, 3.63) is 34.9 Å². The zero-order valence-corrected chi connectivity index (χ0v) is 10.8. The van der Waals surface area contributed by atoms with Crippen LogP contribution < -0.4 is 0 Å². The smallest absolute Gasteiger partial charge is 0.392 e. The fraction of sp³-hybridized carbons (Fsp3) is 0.538. The normalized spacial score (nSPS) is 14.7. The van der Waals surface area contributed by atoms with E-state index < -0.39 is 30.8 Å². The van der Waals surface area contributed by atoms with Crippen molar-refractivity contribution in [2.24, 2.45) is 5.92 Å². The molecule has 0 aliphatic carbocycles. The van der Waals surface area contributed by atoms with E-state index in [1.807, 2.05) is 0 Å². The van der Waals surface area contributed by atoms with Gasteiger partial charge in [-0.05, 0) is 37.0 Å². The van der Waals surface area contributed by atoms with E-state index in [1.165, 1.54) is 0 Å². The lowest BCUT2D eigenvalue weighted by Crippen LogP contribution is -2.45. The minimum atomic E-state index is -5.53. The Morgan fingerprint density at radius 3 is 1.70 bits per heavy atom. The van der Waals surface area contributed by atoms with Crippen molar-refractivity contribution in [3.63, 3.8) is 0 Å². The molecule has 7 heteroatoms. The number of rotatable bonds is 3. The number of halogens is 6. The molecule has 1 unspecified atom stereocenters. The predicted octanol–water partition coefficient (Wildman–Crippen LogP) is 3.95. The van der Waals surface area contributed by atoms with Crippen LogP contribution in [0, 0.1) is 19.8 Å². The third kappa shape index (κ3) is 3.88. The second kappa shape index (κ2) is 5.63. The summed E-state index contributed by atoms with van der Waals surface area (Å²) in [4.78, 5) is 0. The van der Waals surface area contributed by atoms with Gasteiger partial charge in [-0.1, -0.05) is 18.2 Å². The molecule has 114 valence electrons. The van der Waals surface area contributed by atoms with Gasteiger partial charge in [-0.3, -0.25) is 0 Å². The monoisotopic (exact) mass is 300 g/mol. The highest BCUT2D eigenvalue weighted by molar-refractivity contribution is 5.34. The number of hydrogen-bond donors (Lipinski definition) is 1. The zero-order valence-electron chi connectivity index (χ0n) is 10.8. The Morgan fingerprint density at radius 1 is 0.950 bits per heavy atom. The van der Waals surface area contributed by atoms with Gasteiger partial charge in [0.05, 0.1) is 6.10 Å². The summed E-state index contributed by atoms with van der Waals surface area (Å²) in [7, 11) is 0. The lowest BCUT2D eigenvalue weighted by molar-refractivity contribution is -0.305. The Hall–Kier alpha value is -1.24. The minimum absolute atomic E-state index is 0.304. The molecule has 1 rings (SSSR count). The highest BCUT2D eigenvalue weighted by Crippen LogP contribution is 2.42. The minimum Gasteiger partial charge on any atom is -0.392 e. The average Bonchev–Trinajstić information content (AvgIpc) is 2.19. The predicted molar refractivity (Wildman–Crippen MR) is 61.2 cm³/mol. The molecule has 1 nitrogen and oxygen atoms in total. The second-order valence-electron chi connectivity index (χ2n) is 4.70. The van der Waals surface area contributed by atoms with Gasteiger partial charge in [-0.15, -0.1) is 0 Å². The van der Waals surface area contributed by atoms with Crippen molar-refractivity contribution in [1.29, 1.82) is 0 Å². The van der Waals surface area contributed by atoms with Crippen LogP contribution in [0.3, 0.4) is 0 Å². The number of aryl methyl sites for hydroxylation is 2. The van der Waals surface area contributed by atoms with Gasteiger partial charge >= 0.3 is 12.4 Å². The maximum absolute atomic E-state index is 12.5. The van der Waals surface area contributed by atoms with Gasteiger partial charge in [0.1, 0.15) is 0 Å². The molecule has 0 radical (unpaired) electrons. The molecule has 0 bridgehead atoms.